The molecule has 4 fully saturated rings. The van der Waals surface area contributed by atoms with E-state index in [0.29, 0.717) is 107 Å². The molecule has 4 aliphatic rings. The van der Waals surface area contributed by atoms with Crippen LogP contribution in [0.15, 0.2) is 101 Å². The van der Waals surface area contributed by atoms with Gasteiger partial charge in [-0.2, -0.15) is 0 Å². The Hall–Kier alpha value is -7.70. The summed E-state index contributed by atoms with van der Waals surface area (Å²) in [5.41, 5.74) is 3.59. The third-order valence-electron chi connectivity index (χ3n) is 20.1. The number of aliphatic carboxylic acids is 1. The number of unbranched alkanes of at least 4 members (excludes halogenated alkanes) is 6. The molecule has 2 aromatic carbocycles. The lowest BCUT2D eigenvalue weighted by Crippen LogP contribution is -2.35. The van der Waals surface area contributed by atoms with Crippen LogP contribution in [0.1, 0.15) is 272 Å². The summed E-state index contributed by atoms with van der Waals surface area (Å²) in [6.45, 7) is 10.0. The SMILES string of the molecule is CC(=O)O.CCCCC[C@@H](O)CCN1C(=O)CCC1CCc1ccc(C(=O)O)[nH]1.CCCCC[C@@H](O)CCN1C(=O)CCC1CCc1ccc(C(=O)O)o1.CCCCC[C@@H](O)CCN1C(=O)CCC1CCc1ccc(C(=O)O)s1.O=C1CCC(CCCc2ccccc2)N1CC[C@H](O)Cc1ccccc1. The Bertz CT molecular complexity index is 3100. The number of carboxylic acid groups (broad SMARTS) is 4. The maximum atomic E-state index is 12.2. The summed E-state index contributed by atoms with van der Waals surface area (Å²) in [5.74, 6) is -2.40. The minimum Gasteiger partial charge on any atom is -0.481 e. The molecule has 0 bridgehead atoms. The van der Waals surface area contributed by atoms with Gasteiger partial charge in [-0.1, -0.05) is 139 Å². The Labute approximate surface area is 625 Å². The number of carboxylic acids is 4. The molecule has 0 radical (unpaired) electrons. The molecule has 4 aliphatic heterocycles. The molecule has 4 saturated heterocycles. The number of thiophene rings is 1. The van der Waals surface area contributed by atoms with Crippen molar-refractivity contribution in [1.29, 1.82) is 0 Å². The van der Waals surface area contributed by atoms with Crippen LogP contribution in [0.5, 0.6) is 0 Å². The van der Waals surface area contributed by atoms with Gasteiger partial charge in [0, 0.05) is 99.9 Å². The van der Waals surface area contributed by atoms with Gasteiger partial charge in [-0.25, -0.2) is 14.4 Å². The summed E-state index contributed by atoms with van der Waals surface area (Å²) in [6.07, 6.45) is 27.8. The van der Waals surface area contributed by atoms with Gasteiger partial charge in [0.05, 0.1) is 24.4 Å². The van der Waals surface area contributed by atoms with E-state index in [-0.39, 0.29) is 71.5 Å². The zero-order valence-corrected chi connectivity index (χ0v) is 63.5. The monoisotopic (exact) mass is 1480 g/mol. The van der Waals surface area contributed by atoms with Gasteiger partial charge in [-0.3, -0.25) is 24.0 Å². The van der Waals surface area contributed by atoms with E-state index in [1.54, 1.807) is 24.3 Å². The third kappa shape index (κ3) is 33.7. The number of aromatic nitrogens is 1. The number of aliphatic hydroxyl groups is 4. The number of H-pyrrole nitrogens is 1. The minimum absolute atomic E-state index is 0.0513. The molecule has 5 aromatic rings. The molecule has 4 unspecified atom stereocenters. The number of hydrogen-bond donors (Lipinski definition) is 9. The molecule has 105 heavy (non-hydrogen) atoms. The summed E-state index contributed by atoms with van der Waals surface area (Å²) >= 11 is 1.31. The van der Waals surface area contributed by atoms with E-state index in [0.717, 1.165) is 177 Å². The first-order valence-corrected chi connectivity index (χ1v) is 39.5. The van der Waals surface area contributed by atoms with Crippen molar-refractivity contribution in [3.05, 3.63) is 141 Å². The van der Waals surface area contributed by atoms with Crippen molar-refractivity contribution in [3.63, 3.8) is 0 Å². The summed E-state index contributed by atoms with van der Waals surface area (Å²) in [5, 5.41) is 74.8. The molecule has 23 heteroatoms. The van der Waals surface area contributed by atoms with E-state index in [4.69, 9.17) is 29.6 Å². The second-order valence-electron chi connectivity index (χ2n) is 28.4. The molecule has 8 atom stereocenters. The van der Waals surface area contributed by atoms with Crippen molar-refractivity contribution in [2.45, 2.75) is 295 Å². The number of aryl methyl sites for hydroxylation is 4. The van der Waals surface area contributed by atoms with E-state index in [1.165, 1.54) is 23.0 Å². The highest BCUT2D eigenvalue weighted by Crippen LogP contribution is 2.30. The average Bonchev–Trinajstić information content (AvgIpc) is 1.73. The number of aromatic carboxylic acids is 3. The summed E-state index contributed by atoms with van der Waals surface area (Å²) < 4.78 is 5.28. The molecule has 582 valence electrons. The van der Waals surface area contributed by atoms with E-state index in [9.17, 15) is 54.0 Å². The van der Waals surface area contributed by atoms with Crippen LogP contribution in [0, 0.1) is 0 Å². The van der Waals surface area contributed by atoms with Gasteiger partial charge < -0.3 is 69.9 Å². The predicted octanol–water partition coefficient (Wildman–Crippen LogP) is 14.0. The molecule has 7 heterocycles. The Morgan fingerprint density at radius 1 is 0.448 bits per heavy atom. The topological polar surface area (TPSA) is 340 Å². The summed E-state index contributed by atoms with van der Waals surface area (Å²) in [4.78, 5) is 102. The van der Waals surface area contributed by atoms with E-state index < -0.39 is 30.0 Å². The minimum atomic E-state index is -1.07. The number of carbonyl (C=O) groups is 8. The molecule has 9 N–H and O–H groups in total. The predicted molar refractivity (Wildman–Crippen MR) is 406 cm³/mol. The number of likely N-dealkylation sites (tertiary alicyclic amines) is 4. The largest absolute Gasteiger partial charge is 0.481 e. The second-order valence-corrected chi connectivity index (χ2v) is 29.6. The maximum Gasteiger partial charge on any atom is 0.371 e. The first-order valence-electron chi connectivity index (χ1n) is 38.7. The Balaban J connectivity index is 0.000000247. The second kappa shape index (κ2) is 49.2. The van der Waals surface area contributed by atoms with Crippen LogP contribution in [-0.2, 0) is 56.1 Å². The number of carbonyl (C=O) groups excluding carboxylic acids is 4. The number of benzene rings is 2. The molecule has 22 nitrogen and oxygen atoms in total. The molecule has 9 rings (SSSR count). The number of amides is 4. The van der Waals surface area contributed by atoms with Crippen molar-refractivity contribution in [3.8, 4) is 0 Å². The Morgan fingerprint density at radius 2 is 0.867 bits per heavy atom. The first kappa shape index (κ1) is 87.9. The number of aliphatic hydroxyl groups excluding tert-OH is 4. The van der Waals surface area contributed by atoms with E-state index in [1.807, 2.05) is 62.1 Å². The first-order chi connectivity index (χ1) is 50.5. The average molecular weight is 1480 g/mol. The summed E-state index contributed by atoms with van der Waals surface area (Å²) in [7, 11) is 0. The molecule has 0 spiro atoms. The van der Waals surface area contributed by atoms with E-state index >= 15 is 0 Å². The Morgan fingerprint density at radius 3 is 1.27 bits per heavy atom. The number of nitrogens with zero attached hydrogens (tertiary/aromatic N) is 4. The molecular weight excluding hydrogens is 1360 g/mol. The van der Waals surface area contributed by atoms with Crippen molar-refractivity contribution < 1.29 is 83.6 Å². The maximum absolute atomic E-state index is 12.2. The zero-order valence-electron chi connectivity index (χ0n) is 62.7. The third-order valence-corrected chi connectivity index (χ3v) is 21.3. The van der Waals surface area contributed by atoms with Gasteiger partial charge in [0.15, 0.2) is 0 Å². The lowest BCUT2D eigenvalue weighted by molar-refractivity contribution is -0.134. The molecule has 0 saturated carbocycles. The molecule has 0 aliphatic carbocycles. The van der Waals surface area contributed by atoms with Gasteiger partial charge in [0.1, 0.15) is 16.3 Å². The zero-order chi connectivity index (χ0) is 76.5. The highest BCUT2D eigenvalue weighted by Gasteiger charge is 2.34. The van der Waals surface area contributed by atoms with Gasteiger partial charge in [-0.15, -0.1) is 11.3 Å². The molecule has 3 aromatic heterocycles. The fraction of sp³-hybridized carbons (Fsp3) is 0.610. The summed E-state index contributed by atoms with van der Waals surface area (Å²) in [6, 6.07) is 31.5. The van der Waals surface area contributed by atoms with Crippen molar-refractivity contribution in [1.82, 2.24) is 24.6 Å². The number of rotatable bonds is 42. The van der Waals surface area contributed by atoms with Gasteiger partial charge >= 0.3 is 17.9 Å². The van der Waals surface area contributed by atoms with Gasteiger partial charge in [0.2, 0.25) is 29.4 Å². The van der Waals surface area contributed by atoms with Crippen LogP contribution >= 0.6 is 11.3 Å². The molecule has 4 amide bonds. The van der Waals surface area contributed by atoms with Crippen LogP contribution in [0.25, 0.3) is 0 Å². The lowest BCUT2D eigenvalue weighted by Gasteiger charge is -2.26. The smallest absolute Gasteiger partial charge is 0.371 e. The number of furan rings is 1. The quantitative estimate of drug-likeness (QED) is 0.0164. The Kier molecular flexibility index (Phi) is 41.2. The van der Waals surface area contributed by atoms with Crippen molar-refractivity contribution in [2.24, 2.45) is 0 Å². The number of aromatic amines is 1. The van der Waals surface area contributed by atoms with Crippen LogP contribution in [0.4, 0.5) is 0 Å². The van der Waals surface area contributed by atoms with Gasteiger partial charge in [0.25, 0.3) is 5.97 Å². The van der Waals surface area contributed by atoms with Crippen LogP contribution in [-0.4, -0.2) is 188 Å². The van der Waals surface area contributed by atoms with E-state index in [2.05, 4.69) is 50.0 Å². The van der Waals surface area contributed by atoms with Crippen LogP contribution in [0.3, 0.4) is 0 Å². The fourth-order valence-corrected chi connectivity index (χ4v) is 15.0. The number of hydrogen-bond acceptors (Lipinski definition) is 14. The highest BCUT2D eigenvalue weighted by atomic mass is 32.1. The van der Waals surface area contributed by atoms with Crippen LogP contribution < -0.4 is 0 Å². The lowest BCUT2D eigenvalue weighted by atomic mass is 10.0. The van der Waals surface area contributed by atoms with Crippen molar-refractivity contribution >= 4 is 58.8 Å². The standard InChI is InChI=1S/C23H29NO2.C19H30N2O4.C19H29NO5.C19H29NO4S.C2H4O2/c25-22(18-20-10-5-2-6-11-20)16-17-24-21(14-15-23(24)26)13-7-12-19-8-3-1-4-9-19;1-2-3-4-5-16(22)12-13-21-15(9-11-18(21)23)8-6-14-7-10-17(20-14)19(24)25;2*1-2-3-4-5-15(21)12-13-20-14(7-11-18(20)22)6-8-16-9-10-17(25-16)19(23)24;1-2(3)4/h1-6,8-11,21-22,25H,7,12-18H2;7,10,15-16,20,22H,2-6,8-9,11-13H2,1H3,(H,24,25);2*9-10,14-15,21H,2-8,11-13H2,1H3,(H,23,24);1H3,(H,3,4)/t21?,22-;15?,16-;2*14?,15-;/m0111./s1. The molecular formula is C82H121N5O17S. The highest BCUT2D eigenvalue weighted by molar-refractivity contribution is 7.13. The number of nitrogens with one attached hydrogen (secondary N) is 1. The van der Waals surface area contributed by atoms with Crippen molar-refractivity contribution in [2.75, 3.05) is 26.2 Å². The van der Waals surface area contributed by atoms with Gasteiger partial charge in [-0.05, 0) is 176 Å². The fourth-order valence-electron chi connectivity index (χ4n) is 14.2. The van der Waals surface area contributed by atoms with Crippen LogP contribution in [0.2, 0.25) is 0 Å². The normalized spacial score (nSPS) is 18.1.